The van der Waals surface area contributed by atoms with Gasteiger partial charge < -0.3 is 9.47 Å². The molecule has 18 heavy (non-hydrogen) atoms. The number of aromatic nitrogens is 1. The van der Waals surface area contributed by atoms with E-state index in [1.807, 2.05) is 0 Å². The van der Waals surface area contributed by atoms with Crippen LogP contribution in [-0.4, -0.2) is 12.1 Å². The number of nitrogens with zero attached hydrogens (tertiary/aromatic N) is 1. The highest BCUT2D eigenvalue weighted by Crippen LogP contribution is 2.35. The van der Waals surface area contributed by atoms with Crippen LogP contribution in [0.4, 0.5) is 8.78 Å². The summed E-state index contributed by atoms with van der Waals surface area (Å²) < 4.78 is 36.9. The molecule has 0 aliphatic carbocycles. The molecule has 3 nitrogen and oxygen atoms in total. The van der Waals surface area contributed by atoms with Crippen molar-refractivity contribution < 1.29 is 18.3 Å². The van der Waals surface area contributed by atoms with Crippen LogP contribution in [0.25, 0.3) is 0 Å². The van der Waals surface area contributed by atoms with E-state index in [1.165, 1.54) is 31.4 Å². The summed E-state index contributed by atoms with van der Waals surface area (Å²) in [5, 5.41) is 0. The van der Waals surface area contributed by atoms with E-state index in [1.54, 1.807) is 0 Å². The monoisotopic (exact) mass is 315 g/mol. The Bertz CT molecular complexity index is 578. The van der Waals surface area contributed by atoms with Gasteiger partial charge in [0.25, 0.3) is 0 Å². The largest absolute Gasteiger partial charge is 0.493 e. The second kappa shape index (κ2) is 5.30. The fourth-order valence-corrected chi connectivity index (χ4v) is 1.63. The van der Waals surface area contributed by atoms with Crippen molar-refractivity contribution in [3.63, 3.8) is 0 Å². The molecule has 0 aliphatic rings. The zero-order chi connectivity index (χ0) is 13.1. The van der Waals surface area contributed by atoms with Crippen molar-refractivity contribution in [1.82, 2.24) is 4.98 Å². The van der Waals surface area contributed by atoms with Crippen molar-refractivity contribution in [1.29, 1.82) is 0 Å². The lowest BCUT2D eigenvalue weighted by Gasteiger charge is -2.10. The van der Waals surface area contributed by atoms with Crippen LogP contribution in [0.2, 0.25) is 0 Å². The molecule has 0 bridgehead atoms. The van der Waals surface area contributed by atoms with Gasteiger partial charge in [0.15, 0.2) is 11.5 Å². The number of hydrogen-bond acceptors (Lipinski definition) is 3. The van der Waals surface area contributed by atoms with Gasteiger partial charge in [0.1, 0.15) is 5.82 Å². The van der Waals surface area contributed by atoms with Gasteiger partial charge >= 0.3 is 0 Å². The number of halogens is 3. The molecule has 0 atom stereocenters. The van der Waals surface area contributed by atoms with Gasteiger partial charge in [-0.3, -0.25) is 0 Å². The number of rotatable bonds is 3. The molecule has 0 fully saturated rings. The minimum absolute atomic E-state index is 0.0232. The lowest BCUT2D eigenvalue weighted by molar-refractivity contribution is 0.368. The highest BCUT2D eigenvalue weighted by Gasteiger charge is 2.11. The quantitative estimate of drug-likeness (QED) is 0.804. The summed E-state index contributed by atoms with van der Waals surface area (Å²) in [6, 6.07) is 6.65. The number of methoxy groups -OCH3 is 1. The molecule has 0 saturated carbocycles. The van der Waals surface area contributed by atoms with Crippen LogP contribution in [-0.2, 0) is 0 Å². The Morgan fingerprint density at radius 3 is 2.61 bits per heavy atom. The average Bonchev–Trinajstić information content (AvgIpc) is 2.33. The van der Waals surface area contributed by atoms with Gasteiger partial charge in [0.2, 0.25) is 11.8 Å². The second-order valence-electron chi connectivity index (χ2n) is 3.32. The lowest BCUT2D eigenvalue weighted by Crippen LogP contribution is -1.94. The Morgan fingerprint density at radius 1 is 1.17 bits per heavy atom. The number of hydrogen-bond donors (Lipinski definition) is 0. The highest BCUT2D eigenvalue weighted by molar-refractivity contribution is 9.10. The summed E-state index contributed by atoms with van der Waals surface area (Å²) in [6.45, 7) is 0. The predicted molar refractivity (Wildman–Crippen MR) is 64.9 cm³/mol. The molecule has 6 heteroatoms. The summed E-state index contributed by atoms with van der Waals surface area (Å²) in [7, 11) is 1.42. The molecule has 0 N–H and O–H groups in total. The molecular formula is C12H8BrF2NO2. The van der Waals surface area contributed by atoms with Crippen LogP contribution in [0, 0.1) is 11.8 Å². The molecule has 0 unspecified atom stereocenters. The smallest absolute Gasteiger partial charge is 0.222 e. The van der Waals surface area contributed by atoms with Crippen LogP contribution in [0.3, 0.4) is 0 Å². The third-order valence-corrected chi connectivity index (χ3v) is 2.72. The molecule has 0 radical (unpaired) electrons. The molecule has 0 spiro atoms. The Balaban J connectivity index is 2.36. The fraction of sp³-hybridized carbons (Fsp3) is 0.0833. The molecule has 1 aromatic heterocycles. The van der Waals surface area contributed by atoms with Crippen LogP contribution < -0.4 is 9.47 Å². The summed E-state index contributed by atoms with van der Waals surface area (Å²) in [6.07, 6.45) is 0. The molecule has 1 heterocycles. The van der Waals surface area contributed by atoms with Crippen LogP contribution in [0.1, 0.15) is 0 Å². The first-order chi connectivity index (χ1) is 8.60. The van der Waals surface area contributed by atoms with E-state index in [2.05, 4.69) is 20.9 Å². The summed E-state index contributed by atoms with van der Waals surface area (Å²) in [5.41, 5.74) is 0. The van der Waals surface area contributed by atoms with E-state index < -0.39 is 11.8 Å². The SMILES string of the molecule is COc1cc(Br)c(F)cc1Oc1cccc(F)n1. The number of pyridine rings is 1. The predicted octanol–water partition coefficient (Wildman–Crippen LogP) is 3.92. The first-order valence-electron chi connectivity index (χ1n) is 4.93. The summed E-state index contributed by atoms with van der Waals surface area (Å²) in [4.78, 5) is 3.52. The van der Waals surface area contributed by atoms with Crippen molar-refractivity contribution in [2.75, 3.05) is 7.11 Å². The van der Waals surface area contributed by atoms with Gasteiger partial charge in [-0.05, 0) is 22.0 Å². The third kappa shape index (κ3) is 2.76. The molecule has 2 aromatic rings. The number of ether oxygens (including phenoxy) is 2. The minimum Gasteiger partial charge on any atom is -0.493 e. The lowest BCUT2D eigenvalue weighted by atomic mass is 10.3. The normalized spacial score (nSPS) is 10.2. The maximum absolute atomic E-state index is 13.4. The van der Waals surface area contributed by atoms with E-state index in [4.69, 9.17) is 9.47 Å². The first kappa shape index (κ1) is 12.8. The van der Waals surface area contributed by atoms with Crippen LogP contribution in [0.15, 0.2) is 34.8 Å². The summed E-state index contributed by atoms with van der Waals surface area (Å²) >= 11 is 3.03. The molecule has 0 aliphatic heterocycles. The molecule has 2 rings (SSSR count). The first-order valence-corrected chi connectivity index (χ1v) is 5.73. The highest BCUT2D eigenvalue weighted by atomic mass is 79.9. The zero-order valence-electron chi connectivity index (χ0n) is 9.28. The van der Waals surface area contributed by atoms with Gasteiger partial charge in [-0.1, -0.05) is 6.07 Å². The Hall–Kier alpha value is -1.69. The maximum Gasteiger partial charge on any atom is 0.222 e. The van der Waals surface area contributed by atoms with Crippen LogP contribution in [0.5, 0.6) is 17.4 Å². The van der Waals surface area contributed by atoms with Gasteiger partial charge in [0, 0.05) is 18.2 Å². The second-order valence-corrected chi connectivity index (χ2v) is 4.17. The fourth-order valence-electron chi connectivity index (χ4n) is 1.31. The molecule has 0 saturated heterocycles. The standard InChI is InChI=1S/C12H8BrF2NO2/c1-17-9-5-7(13)8(14)6-10(9)18-12-4-2-3-11(15)16-12/h2-6H,1H3. The number of benzene rings is 1. The zero-order valence-corrected chi connectivity index (χ0v) is 10.9. The van der Waals surface area contributed by atoms with E-state index in [0.717, 1.165) is 6.07 Å². The van der Waals surface area contributed by atoms with Crippen molar-refractivity contribution in [3.05, 3.63) is 46.6 Å². The summed E-state index contributed by atoms with van der Waals surface area (Å²) in [5.74, 6) is -0.730. The molecule has 94 valence electrons. The van der Waals surface area contributed by atoms with Gasteiger partial charge in [-0.25, -0.2) is 4.39 Å². The van der Waals surface area contributed by atoms with E-state index in [-0.39, 0.29) is 16.1 Å². The van der Waals surface area contributed by atoms with Crippen molar-refractivity contribution in [2.45, 2.75) is 0 Å². The average molecular weight is 316 g/mol. The van der Waals surface area contributed by atoms with E-state index >= 15 is 0 Å². The Morgan fingerprint density at radius 2 is 1.94 bits per heavy atom. The molecule has 1 aromatic carbocycles. The van der Waals surface area contributed by atoms with Gasteiger partial charge in [-0.15, -0.1) is 0 Å². The van der Waals surface area contributed by atoms with Crippen molar-refractivity contribution in [2.24, 2.45) is 0 Å². The molecular weight excluding hydrogens is 308 g/mol. The van der Waals surface area contributed by atoms with Crippen molar-refractivity contribution >= 4 is 15.9 Å². The van der Waals surface area contributed by atoms with Gasteiger partial charge in [0.05, 0.1) is 11.6 Å². The topological polar surface area (TPSA) is 31.4 Å². The minimum atomic E-state index is -0.677. The van der Waals surface area contributed by atoms with Crippen LogP contribution >= 0.6 is 15.9 Å². The van der Waals surface area contributed by atoms with E-state index in [0.29, 0.717) is 5.75 Å². The maximum atomic E-state index is 13.4. The third-order valence-electron chi connectivity index (χ3n) is 2.11. The molecule has 0 amide bonds. The van der Waals surface area contributed by atoms with Gasteiger partial charge in [-0.2, -0.15) is 9.37 Å². The van der Waals surface area contributed by atoms with Crippen molar-refractivity contribution in [3.8, 4) is 17.4 Å². The Kier molecular flexibility index (Phi) is 3.76. The van der Waals surface area contributed by atoms with E-state index in [9.17, 15) is 8.78 Å². The Labute approximate surface area is 110 Å².